The zero-order chi connectivity index (χ0) is 23.9. The molecule has 7 heteroatoms. The molecule has 0 saturated heterocycles. The van der Waals surface area contributed by atoms with Crippen molar-refractivity contribution in [1.82, 2.24) is 15.1 Å². The van der Waals surface area contributed by atoms with E-state index in [0.717, 1.165) is 22.5 Å². The lowest BCUT2D eigenvalue weighted by molar-refractivity contribution is -0.133. The third-order valence-corrected chi connectivity index (χ3v) is 6.03. The number of amides is 2. The fourth-order valence-electron chi connectivity index (χ4n) is 4.32. The largest absolute Gasteiger partial charge is 0.343 e. The Kier molecular flexibility index (Phi) is 5.82. The summed E-state index contributed by atoms with van der Waals surface area (Å²) < 4.78 is 15.5. The highest BCUT2D eigenvalue weighted by molar-refractivity contribution is 6.03. The van der Waals surface area contributed by atoms with Crippen LogP contribution in [-0.4, -0.2) is 34.2 Å². The molecule has 1 aliphatic heterocycles. The van der Waals surface area contributed by atoms with Gasteiger partial charge in [0.1, 0.15) is 17.7 Å². The first-order chi connectivity index (χ1) is 15.6. The number of carbonyl (C=O) groups excluding carboxylic acids is 2. The fourth-order valence-corrected chi connectivity index (χ4v) is 4.32. The Morgan fingerprint density at radius 3 is 2.30 bits per heavy atom. The smallest absolute Gasteiger partial charge is 0.251 e. The number of hydrogen-bond donors (Lipinski definition) is 1. The van der Waals surface area contributed by atoms with Crippen LogP contribution >= 0.6 is 0 Å². The summed E-state index contributed by atoms with van der Waals surface area (Å²) in [6.07, 6.45) is 0. The zero-order valence-corrected chi connectivity index (χ0v) is 19.6. The molecule has 0 fully saturated rings. The molecule has 1 aliphatic rings. The van der Waals surface area contributed by atoms with Crippen LogP contribution in [0.5, 0.6) is 0 Å². The van der Waals surface area contributed by atoms with Gasteiger partial charge in [-0.1, -0.05) is 51.1 Å². The van der Waals surface area contributed by atoms with E-state index < -0.39 is 17.4 Å². The van der Waals surface area contributed by atoms with Crippen molar-refractivity contribution in [2.75, 3.05) is 11.4 Å². The number of para-hydroxylation sites is 1. The summed E-state index contributed by atoms with van der Waals surface area (Å²) in [4.78, 5) is 28.5. The second-order valence-corrected chi connectivity index (χ2v) is 9.38. The van der Waals surface area contributed by atoms with Crippen LogP contribution in [0.2, 0.25) is 0 Å². The first-order valence-corrected chi connectivity index (χ1v) is 11.2. The summed E-state index contributed by atoms with van der Waals surface area (Å²) >= 11 is 0. The molecule has 0 aliphatic carbocycles. The van der Waals surface area contributed by atoms with Gasteiger partial charge in [0.15, 0.2) is 0 Å². The monoisotopic (exact) mass is 448 g/mol. The molecule has 2 heterocycles. The fraction of sp³-hybridized carbons (Fsp3) is 0.346. The van der Waals surface area contributed by atoms with E-state index in [0.29, 0.717) is 12.4 Å². The second kappa shape index (κ2) is 8.46. The third-order valence-electron chi connectivity index (χ3n) is 6.03. The Morgan fingerprint density at radius 2 is 1.73 bits per heavy atom. The number of aromatic nitrogens is 2. The van der Waals surface area contributed by atoms with Gasteiger partial charge in [-0.3, -0.25) is 14.5 Å². The quantitative estimate of drug-likeness (QED) is 0.645. The molecule has 0 bridgehead atoms. The van der Waals surface area contributed by atoms with Gasteiger partial charge in [0.25, 0.3) is 5.91 Å². The number of hydrogen-bond acceptors (Lipinski definition) is 3. The number of carbonyl (C=O) groups is 2. The van der Waals surface area contributed by atoms with Crippen molar-refractivity contribution in [2.45, 2.75) is 46.6 Å². The number of benzene rings is 2. The van der Waals surface area contributed by atoms with E-state index in [-0.39, 0.29) is 17.6 Å². The highest BCUT2D eigenvalue weighted by Gasteiger charge is 2.46. The number of aryl methyl sites for hydroxylation is 1. The van der Waals surface area contributed by atoms with E-state index in [9.17, 15) is 14.0 Å². The van der Waals surface area contributed by atoms with E-state index in [1.54, 1.807) is 21.7 Å². The van der Waals surface area contributed by atoms with Gasteiger partial charge in [0, 0.05) is 23.4 Å². The molecule has 6 nitrogen and oxygen atoms in total. The van der Waals surface area contributed by atoms with Crippen molar-refractivity contribution < 1.29 is 14.0 Å². The van der Waals surface area contributed by atoms with Crippen molar-refractivity contribution in [3.8, 4) is 5.69 Å². The molecule has 2 amide bonds. The van der Waals surface area contributed by atoms with Crippen LogP contribution in [0.1, 0.15) is 50.4 Å². The maximum Gasteiger partial charge on any atom is 0.251 e. The van der Waals surface area contributed by atoms with Crippen molar-refractivity contribution in [2.24, 2.45) is 5.41 Å². The molecule has 3 aromatic rings. The number of nitrogens with zero attached hydrogens (tertiary/aromatic N) is 3. The summed E-state index contributed by atoms with van der Waals surface area (Å²) in [5.74, 6) is -0.612. The lowest BCUT2D eigenvalue weighted by atomic mass is 9.80. The van der Waals surface area contributed by atoms with Gasteiger partial charge in [-0.25, -0.2) is 9.07 Å². The molecule has 1 aromatic heterocycles. The Balaban J connectivity index is 1.95. The molecule has 2 atom stereocenters. The molecule has 0 saturated carbocycles. The van der Waals surface area contributed by atoms with Crippen LogP contribution in [0, 0.1) is 18.2 Å². The Labute approximate surface area is 193 Å². The average Bonchev–Trinajstić information content (AvgIpc) is 3.12. The average molecular weight is 449 g/mol. The minimum atomic E-state index is -0.832. The number of anilines is 1. The Morgan fingerprint density at radius 1 is 1.09 bits per heavy atom. The van der Waals surface area contributed by atoms with Gasteiger partial charge in [-0.05, 0) is 43.7 Å². The van der Waals surface area contributed by atoms with E-state index in [1.807, 2.05) is 65.0 Å². The number of likely N-dealkylation sites (N-methyl/N-ethyl adjacent to an activating group) is 1. The molecular formula is C26H29FN4O2. The van der Waals surface area contributed by atoms with Crippen LogP contribution in [0.4, 0.5) is 10.2 Å². The lowest BCUT2D eigenvalue weighted by Crippen LogP contribution is -2.57. The number of rotatable bonds is 4. The van der Waals surface area contributed by atoms with Crippen molar-refractivity contribution in [1.29, 1.82) is 0 Å². The lowest BCUT2D eigenvalue weighted by Gasteiger charge is -2.39. The minimum Gasteiger partial charge on any atom is -0.343 e. The van der Waals surface area contributed by atoms with Gasteiger partial charge in [-0.2, -0.15) is 5.10 Å². The summed E-state index contributed by atoms with van der Waals surface area (Å²) in [6, 6.07) is 14.9. The summed E-state index contributed by atoms with van der Waals surface area (Å²) in [6.45, 7) is 9.65. The standard InChI is InChI=1S/C26H29FN4O2/c1-6-30-23-20(16(2)29-31(23)19-10-8-7-9-11-19)21(17-12-14-18(27)15-13-17)22(24(30)32)28-25(33)26(3,4)5/h7-15,21-22H,6H2,1-5H3,(H,28,33)/t21-,22?/m0/s1. The van der Waals surface area contributed by atoms with Crippen molar-refractivity contribution in [3.05, 3.63) is 77.2 Å². The number of halogens is 1. The molecule has 2 aromatic carbocycles. The first kappa shape index (κ1) is 22.7. The molecule has 0 radical (unpaired) electrons. The molecule has 4 rings (SSSR count). The van der Waals surface area contributed by atoms with E-state index in [1.165, 1.54) is 12.1 Å². The van der Waals surface area contributed by atoms with E-state index >= 15 is 0 Å². The van der Waals surface area contributed by atoms with Crippen LogP contribution in [0.3, 0.4) is 0 Å². The van der Waals surface area contributed by atoms with Crippen molar-refractivity contribution in [3.63, 3.8) is 0 Å². The van der Waals surface area contributed by atoms with Crippen molar-refractivity contribution >= 4 is 17.6 Å². The number of fused-ring (bicyclic) bond motifs is 1. The molecule has 1 unspecified atom stereocenters. The van der Waals surface area contributed by atoms with Crippen LogP contribution in [0.25, 0.3) is 5.69 Å². The van der Waals surface area contributed by atoms with Gasteiger partial charge >= 0.3 is 0 Å². The maximum atomic E-state index is 13.8. The van der Waals surface area contributed by atoms with E-state index in [2.05, 4.69) is 5.32 Å². The molecule has 1 N–H and O–H groups in total. The highest BCUT2D eigenvalue weighted by atomic mass is 19.1. The van der Waals surface area contributed by atoms with Gasteiger partial charge in [0.2, 0.25) is 5.91 Å². The third kappa shape index (κ3) is 4.03. The normalized spacial score (nSPS) is 18.2. The highest BCUT2D eigenvalue weighted by Crippen LogP contribution is 2.43. The molecule has 172 valence electrons. The summed E-state index contributed by atoms with van der Waals surface area (Å²) in [5, 5.41) is 7.78. The van der Waals surface area contributed by atoms with Crippen LogP contribution < -0.4 is 10.2 Å². The van der Waals surface area contributed by atoms with Gasteiger partial charge in [-0.15, -0.1) is 0 Å². The summed E-state index contributed by atoms with van der Waals surface area (Å²) in [5.41, 5.74) is 2.52. The zero-order valence-electron chi connectivity index (χ0n) is 19.6. The Hall–Kier alpha value is -3.48. The van der Waals surface area contributed by atoms with E-state index in [4.69, 9.17) is 5.10 Å². The van der Waals surface area contributed by atoms with Gasteiger partial charge in [0.05, 0.1) is 11.4 Å². The predicted molar refractivity (Wildman–Crippen MR) is 126 cm³/mol. The predicted octanol–water partition coefficient (Wildman–Crippen LogP) is 4.35. The molecular weight excluding hydrogens is 419 g/mol. The first-order valence-electron chi connectivity index (χ1n) is 11.2. The SMILES string of the molecule is CCN1C(=O)C(NC(=O)C(C)(C)C)[C@@H](c2ccc(F)cc2)c2c(C)nn(-c3ccccc3)c21. The second-order valence-electron chi connectivity index (χ2n) is 9.38. The maximum absolute atomic E-state index is 13.8. The van der Waals surface area contributed by atoms with Crippen LogP contribution in [0.15, 0.2) is 54.6 Å². The van der Waals surface area contributed by atoms with Gasteiger partial charge < -0.3 is 5.32 Å². The topological polar surface area (TPSA) is 67.2 Å². The molecule has 33 heavy (non-hydrogen) atoms. The summed E-state index contributed by atoms with van der Waals surface area (Å²) in [7, 11) is 0. The number of nitrogens with one attached hydrogen (secondary N) is 1. The van der Waals surface area contributed by atoms with Crippen LogP contribution in [-0.2, 0) is 9.59 Å². The molecule has 0 spiro atoms. The minimum absolute atomic E-state index is 0.214. The Bertz CT molecular complexity index is 1180.